The minimum atomic E-state index is 0.175. The number of nitrogens with zero attached hydrogens (tertiary/aromatic N) is 2. The Morgan fingerprint density at radius 2 is 2.00 bits per heavy atom. The Morgan fingerprint density at radius 1 is 1.21 bits per heavy atom. The smallest absolute Gasteiger partial charge is 0.226 e. The second-order valence-corrected chi connectivity index (χ2v) is 8.21. The van der Waals surface area contributed by atoms with E-state index in [0.29, 0.717) is 24.3 Å². The summed E-state index contributed by atoms with van der Waals surface area (Å²) in [4.78, 5) is 19.7. The van der Waals surface area contributed by atoms with E-state index >= 15 is 0 Å². The highest BCUT2D eigenvalue weighted by Gasteiger charge is 2.36. The zero-order valence-corrected chi connectivity index (χ0v) is 14.8. The van der Waals surface area contributed by atoms with Gasteiger partial charge in [-0.3, -0.25) is 4.79 Å². The fraction of sp³-hybridized carbons (Fsp3) is 0.579. The van der Waals surface area contributed by atoms with Crippen LogP contribution in [-0.4, -0.2) is 35.4 Å². The van der Waals surface area contributed by atoms with E-state index in [0.717, 1.165) is 50.7 Å². The fourth-order valence-corrected chi connectivity index (χ4v) is 5.43. The fourth-order valence-electron chi connectivity index (χ4n) is 4.29. The van der Waals surface area contributed by atoms with E-state index < -0.39 is 0 Å². The zero-order chi connectivity index (χ0) is 16.5. The lowest BCUT2D eigenvalue weighted by Crippen LogP contribution is -2.43. The number of fused-ring (bicyclic) bond motifs is 1. The SMILES string of the molecule is NC[C@H]1CCC[C@H]1C(=O)N1CCC(c2nc3ccccc3s2)CC1. The number of rotatable bonds is 3. The van der Waals surface area contributed by atoms with Crippen LogP contribution < -0.4 is 5.73 Å². The first-order valence-electron chi connectivity index (χ1n) is 9.10. The van der Waals surface area contributed by atoms with Gasteiger partial charge in [0.05, 0.1) is 15.2 Å². The Kier molecular flexibility index (Phi) is 4.55. The summed E-state index contributed by atoms with van der Waals surface area (Å²) in [5, 5.41) is 1.24. The Bertz CT molecular complexity index is 687. The molecular formula is C19H25N3OS. The van der Waals surface area contributed by atoms with Crippen molar-refractivity contribution >= 4 is 27.5 Å². The summed E-state index contributed by atoms with van der Waals surface area (Å²) in [6.07, 6.45) is 5.37. The Labute approximate surface area is 147 Å². The van der Waals surface area contributed by atoms with Crippen LogP contribution in [-0.2, 0) is 4.79 Å². The molecule has 24 heavy (non-hydrogen) atoms. The summed E-state index contributed by atoms with van der Waals surface area (Å²) >= 11 is 1.81. The summed E-state index contributed by atoms with van der Waals surface area (Å²) in [6, 6.07) is 8.34. The third-order valence-corrected chi connectivity index (χ3v) is 6.94. The van der Waals surface area contributed by atoms with E-state index in [2.05, 4.69) is 23.1 Å². The highest BCUT2D eigenvalue weighted by Crippen LogP contribution is 2.36. The molecule has 2 fully saturated rings. The van der Waals surface area contributed by atoms with Crippen LogP contribution in [0.3, 0.4) is 0 Å². The molecule has 1 amide bonds. The van der Waals surface area contributed by atoms with Crippen LogP contribution in [0.4, 0.5) is 0 Å². The molecule has 1 aliphatic carbocycles. The van der Waals surface area contributed by atoms with Crippen molar-refractivity contribution in [3.05, 3.63) is 29.3 Å². The lowest BCUT2D eigenvalue weighted by atomic mass is 9.92. The topological polar surface area (TPSA) is 59.2 Å². The van der Waals surface area contributed by atoms with Crippen molar-refractivity contribution in [3.8, 4) is 0 Å². The van der Waals surface area contributed by atoms with Gasteiger partial charge < -0.3 is 10.6 Å². The molecule has 1 aliphatic heterocycles. The lowest BCUT2D eigenvalue weighted by Gasteiger charge is -2.34. The van der Waals surface area contributed by atoms with Crippen molar-refractivity contribution in [3.63, 3.8) is 0 Å². The maximum Gasteiger partial charge on any atom is 0.226 e. The Morgan fingerprint density at radius 3 is 2.75 bits per heavy atom. The standard InChI is InChI=1S/C19H25N3OS/c20-12-14-4-3-5-15(14)19(23)22-10-8-13(9-11-22)18-21-16-6-1-2-7-17(16)24-18/h1-2,6-7,13-15H,3-5,8-12,20H2/t14-,15-/m1/s1. The summed E-state index contributed by atoms with van der Waals surface area (Å²) < 4.78 is 1.27. The normalized spacial score (nSPS) is 25.5. The maximum atomic E-state index is 12.8. The maximum absolute atomic E-state index is 12.8. The molecule has 0 radical (unpaired) electrons. The minimum absolute atomic E-state index is 0.175. The molecule has 1 saturated heterocycles. The van der Waals surface area contributed by atoms with Gasteiger partial charge in [-0.05, 0) is 50.3 Å². The zero-order valence-electron chi connectivity index (χ0n) is 14.0. The number of likely N-dealkylation sites (tertiary alicyclic amines) is 1. The second-order valence-electron chi connectivity index (χ2n) is 7.15. The van der Waals surface area contributed by atoms with E-state index in [9.17, 15) is 4.79 Å². The lowest BCUT2D eigenvalue weighted by molar-refractivity contribution is -0.137. The first-order valence-corrected chi connectivity index (χ1v) is 9.92. The van der Waals surface area contributed by atoms with Crippen molar-refractivity contribution in [2.24, 2.45) is 17.6 Å². The molecule has 2 atom stereocenters. The Hall–Kier alpha value is -1.46. The predicted molar refractivity (Wildman–Crippen MR) is 98.1 cm³/mol. The molecule has 1 aromatic heterocycles. The highest BCUT2D eigenvalue weighted by atomic mass is 32.1. The van der Waals surface area contributed by atoms with Gasteiger partial charge in [0.1, 0.15) is 0 Å². The van der Waals surface area contributed by atoms with E-state index in [1.165, 1.54) is 9.71 Å². The number of piperidine rings is 1. The van der Waals surface area contributed by atoms with Crippen molar-refractivity contribution in [1.82, 2.24) is 9.88 Å². The van der Waals surface area contributed by atoms with Crippen LogP contribution in [0.1, 0.15) is 43.0 Å². The average Bonchev–Trinajstić information content (AvgIpc) is 3.27. The molecule has 2 aliphatic rings. The number of para-hydroxylation sites is 1. The molecular weight excluding hydrogens is 318 g/mol. The van der Waals surface area contributed by atoms with Crippen molar-refractivity contribution in [1.29, 1.82) is 0 Å². The van der Waals surface area contributed by atoms with Gasteiger partial charge >= 0.3 is 0 Å². The van der Waals surface area contributed by atoms with Gasteiger partial charge in [-0.25, -0.2) is 4.98 Å². The number of amides is 1. The number of carbonyl (C=O) groups excluding carboxylic acids is 1. The van der Waals surface area contributed by atoms with E-state index in [4.69, 9.17) is 10.7 Å². The molecule has 1 saturated carbocycles. The van der Waals surface area contributed by atoms with Crippen LogP contribution in [0.2, 0.25) is 0 Å². The van der Waals surface area contributed by atoms with Gasteiger partial charge in [0.15, 0.2) is 0 Å². The van der Waals surface area contributed by atoms with Gasteiger partial charge in [0.25, 0.3) is 0 Å². The van der Waals surface area contributed by atoms with E-state index in [1.807, 2.05) is 17.4 Å². The van der Waals surface area contributed by atoms with Crippen LogP contribution in [0.15, 0.2) is 24.3 Å². The second kappa shape index (κ2) is 6.81. The molecule has 4 nitrogen and oxygen atoms in total. The number of hydrogen-bond acceptors (Lipinski definition) is 4. The quantitative estimate of drug-likeness (QED) is 0.929. The summed E-state index contributed by atoms with van der Waals surface area (Å²) in [5.41, 5.74) is 6.95. The molecule has 0 bridgehead atoms. The third-order valence-electron chi connectivity index (χ3n) is 5.75. The van der Waals surface area contributed by atoms with Crippen LogP contribution >= 0.6 is 11.3 Å². The first kappa shape index (κ1) is 16.0. The van der Waals surface area contributed by atoms with Gasteiger partial charge in [-0.1, -0.05) is 18.6 Å². The number of aromatic nitrogens is 1. The molecule has 2 N–H and O–H groups in total. The van der Waals surface area contributed by atoms with Gasteiger partial charge in [0.2, 0.25) is 5.91 Å². The third kappa shape index (κ3) is 2.95. The Balaban J connectivity index is 1.40. The van der Waals surface area contributed by atoms with Crippen LogP contribution in [0.5, 0.6) is 0 Å². The molecule has 5 heteroatoms. The average molecular weight is 343 g/mol. The van der Waals surface area contributed by atoms with Crippen molar-refractivity contribution in [2.75, 3.05) is 19.6 Å². The molecule has 0 unspecified atom stereocenters. The molecule has 0 spiro atoms. The monoisotopic (exact) mass is 343 g/mol. The predicted octanol–water partition coefficient (Wildman–Crippen LogP) is 3.38. The summed E-state index contributed by atoms with van der Waals surface area (Å²) in [7, 11) is 0. The largest absolute Gasteiger partial charge is 0.342 e. The number of hydrogen-bond donors (Lipinski definition) is 1. The molecule has 1 aromatic carbocycles. The van der Waals surface area contributed by atoms with Crippen molar-refractivity contribution < 1.29 is 4.79 Å². The number of carbonyl (C=O) groups is 1. The molecule has 2 heterocycles. The van der Waals surface area contributed by atoms with Gasteiger partial charge in [0, 0.05) is 24.9 Å². The van der Waals surface area contributed by atoms with E-state index in [1.54, 1.807) is 0 Å². The minimum Gasteiger partial charge on any atom is -0.342 e. The van der Waals surface area contributed by atoms with E-state index in [-0.39, 0.29) is 5.92 Å². The summed E-state index contributed by atoms with van der Waals surface area (Å²) in [6.45, 7) is 2.39. The molecule has 128 valence electrons. The van der Waals surface area contributed by atoms with Crippen LogP contribution in [0.25, 0.3) is 10.2 Å². The van der Waals surface area contributed by atoms with Gasteiger partial charge in [-0.15, -0.1) is 11.3 Å². The van der Waals surface area contributed by atoms with Gasteiger partial charge in [-0.2, -0.15) is 0 Å². The molecule has 4 rings (SSSR count). The highest BCUT2D eigenvalue weighted by molar-refractivity contribution is 7.18. The number of thiazole rings is 1. The first-order chi connectivity index (χ1) is 11.8. The molecule has 2 aromatic rings. The number of nitrogens with two attached hydrogens (primary N) is 1. The van der Waals surface area contributed by atoms with Crippen molar-refractivity contribution in [2.45, 2.75) is 38.0 Å². The number of benzene rings is 1. The van der Waals surface area contributed by atoms with Crippen LogP contribution in [0, 0.1) is 11.8 Å². The summed E-state index contributed by atoms with van der Waals surface area (Å²) in [5.74, 6) is 1.43.